The number of carbonyl (C=O) groups is 2. The number of aromatic carboxylic acids is 1. The van der Waals surface area contributed by atoms with Crippen molar-refractivity contribution in [3.8, 4) is 0 Å². The summed E-state index contributed by atoms with van der Waals surface area (Å²) in [4.78, 5) is 33.0. The van der Waals surface area contributed by atoms with Gasteiger partial charge in [-0.15, -0.1) is 11.3 Å². The second-order valence-electron chi connectivity index (χ2n) is 3.88. The highest BCUT2D eigenvalue weighted by Crippen LogP contribution is 2.25. The molecule has 1 aromatic carbocycles. The van der Waals surface area contributed by atoms with Crippen LogP contribution in [0.15, 0.2) is 29.6 Å². The zero-order chi connectivity index (χ0) is 15.6. The summed E-state index contributed by atoms with van der Waals surface area (Å²) in [6.07, 6.45) is 0. The van der Waals surface area contributed by atoms with Crippen LogP contribution in [0.5, 0.6) is 0 Å². The van der Waals surface area contributed by atoms with Gasteiger partial charge in [-0.05, 0) is 17.5 Å². The summed E-state index contributed by atoms with van der Waals surface area (Å²) < 4.78 is 0. The van der Waals surface area contributed by atoms with Crippen LogP contribution < -0.4 is 5.32 Å². The van der Waals surface area contributed by atoms with Crippen molar-refractivity contribution >= 4 is 45.5 Å². The molecule has 1 heterocycles. The SMILES string of the molecule is O=C(Nc1sccc1C(=O)O)c1cc(Cl)cc([N+](=O)[O-])c1. The van der Waals surface area contributed by atoms with Crippen LogP contribution in [-0.2, 0) is 0 Å². The number of thiophene rings is 1. The number of halogens is 1. The van der Waals surface area contributed by atoms with E-state index in [1.807, 2.05) is 0 Å². The number of non-ortho nitro benzene ring substituents is 1. The zero-order valence-corrected chi connectivity index (χ0v) is 11.8. The van der Waals surface area contributed by atoms with Gasteiger partial charge in [-0.2, -0.15) is 0 Å². The van der Waals surface area contributed by atoms with E-state index in [4.69, 9.17) is 16.7 Å². The van der Waals surface area contributed by atoms with Crippen molar-refractivity contribution in [3.63, 3.8) is 0 Å². The van der Waals surface area contributed by atoms with E-state index < -0.39 is 16.8 Å². The lowest BCUT2D eigenvalue weighted by atomic mass is 10.2. The molecule has 0 aliphatic carbocycles. The highest BCUT2D eigenvalue weighted by atomic mass is 35.5. The van der Waals surface area contributed by atoms with Crippen LogP contribution in [-0.4, -0.2) is 21.9 Å². The molecule has 0 bridgehead atoms. The Hall–Kier alpha value is -2.45. The number of nitro benzene ring substituents is 1. The van der Waals surface area contributed by atoms with E-state index in [9.17, 15) is 19.7 Å². The fraction of sp³-hybridized carbons (Fsp3) is 0. The molecule has 0 fully saturated rings. The van der Waals surface area contributed by atoms with E-state index in [0.29, 0.717) is 0 Å². The molecule has 0 radical (unpaired) electrons. The highest BCUT2D eigenvalue weighted by molar-refractivity contribution is 7.14. The number of benzene rings is 1. The molecule has 9 heteroatoms. The third kappa shape index (κ3) is 3.36. The Morgan fingerprint density at radius 1 is 1.33 bits per heavy atom. The Labute approximate surface area is 126 Å². The van der Waals surface area contributed by atoms with Gasteiger partial charge < -0.3 is 10.4 Å². The number of carbonyl (C=O) groups excluding carboxylic acids is 1. The molecule has 0 aliphatic heterocycles. The van der Waals surface area contributed by atoms with Gasteiger partial charge in [-0.1, -0.05) is 11.6 Å². The van der Waals surface area contributed by atoms with E-state index in [0.717, 1.165) is 23.5 Å². The smallest absolute Gasteiger partial charge is 0.338 e. The first-order valence-electron chi connectivity index (χ1n) is 5.45. The van der Waals surface area contributed by atoms with Crippen molar-refractivity contribution in [1.82, 2.24) is 0 Å². The van der Waals surface area contributed by atoms with Crippen LogP contribution in [0.4, 0.5) is 10.7 Å². The van der Waals surface area contributed by atoms with Gasteiger partial charge >= 0.3 is 5.97 Å². The van der Waals surface area contributed by atoms with Crippen molar-refractivity contribution in [2.45, 2.75) is 0 Å². The number of nitrogens with one attached hydrogen (secondary N) is 1. The van der Waals surface area contributed by atoms with Crippen LogP contribution in [0.1, 0.15) is 20.7 Å². The van der Waals surface area contributed by atoms with Crippen LogP contribution in [0, 0.1) is 10.1 Å². The van der Waals surface area contributed by atoms with Crippen LogP contribution in [0.25, 0.3) is 0 Å². The third-order valence-electron chi connectivity index (χ3n) is 2.48. The number of nitro groups is 1. The van der Waals surface area contributed by atoms with Crippen molar-refractivity contribution in [2.75, 3.05) is 5.32 Å². The molecule has 0 saturated heterocycles. The Morgan fingerprint density at radius 2 is 2.05 bits per heavy atom. The average Bonchev–Trinajstić information content (AvgIpc) is 2.86. The molecule has 0 unspecified atom stereocenters. The van der Waals surface area contributed by atoms with Crippen LogP contribution >= 0.6 is 22.9 Å². The van der Waals surface area contributed by atoms with E-state index in [1.165, 1.54) is 17.5 Å². The molecular weight excluding hydrogens is 320 g/mol. The molecule has 1 aromatic heterocycles. The molecule has 2 rings (SSSR count). The Kier molecular flexibility index (Phi) is 4.20. The molecule has 7 nitrogen and oxygen atoms in total. The van der Waals surface area contributed by atoms with Gasteiger partial charge in [-0.25, -0.2) is 4.79 Å². The van der Waals surface area contributed by atoms with Gasteiger partial charge in [0.2, 0.25) is 0 Å². The van der Waals surface area contributed by atoms with Gasteiger partial charge in [0.05, 0.1) is 10.5 Å². The summed E-state index contributed by atoms with van der Waals surface area (Å²) in [6, 6.07) is 4.79. The Bertz CT molecular complexity index is 743. The molecule has 0 saturated carbocycles. The highest BCUT2D eigenvalue weighted by Gasteiger charge is 2.17. The maximum atomic E-state index is 12.0. The average molecular weight is 327 g/mol. The van der Waals surface area contributed by atoms with E-state index in [1.54, 1.807) is 0 Å². The predicted octanol–water partition coefficient (Wildman–Crippen LogP) is 3.26. The molecular formula is C12H7ClN2O5S. The minimum Gasteiger partial charge on any atom is -0.478 e. The predicted molar refractivity (Wildman–Crippen MR) is 77.3 cm³/mol. The number of carboxylic acid groups (broad SMARTS) is 1. The first kappa shape index (κ1) is 14.9. The van der Waals surface area contributed by atoms with E-state index >= 15 is 0 Å². The third-order valence-corrected chi connectivity index (χ3v) is 3.53. The van der Waals surface area contributed by atoms with Gasteiger partial charge in [-0.3, -0.25) is 14.9 Å². The molecule has 0 spiro atoms. The topological polar surface area (TPSA) is 110 Å². The largest absolute Gasteiger partial charge is 0.478 e. The Morgan fingerprint density at radius 3 is 2.67 bits per heavy atom. The molecule has 2 N–H and O–H groups in total. The molecule has 0 atom stereocenters. The van der Waals surface area contributed by atoms with Crippen LogP contribution in [0.2, 0.25) is 5.02 Å². The second-order valence-corrected chi connectivity index (χ2v) is 5.23. The van der Waals surface area contributed by atoms with Crippen molar-refractivity contribution in [1.29, 1.82) is 0 Å². The summed E-state index contributed by atoms with van der Waals surface area (Å²) in [7, 11) is 0. The number of rotatable bonds is 4. The van der Waals surface area contributed by atoms with E-state index in [2.05, 4.69) is 5.32 Å². The second kappa shape index (κ2) is 5.90. The lowest BCUT2D eigenvalue weighted by Gasteiger charge is -2.05. The summed E-state index contributed by atoms with van der Waals surface area (Å²) in [5, 5.41) is 23.8. The van der Waals surface area contributed by atoms with Crippen molar-refractivity contribution in [3.05, 3.63) is 55.9 Å². The number of hydrogen-bond donors (Lipinski definition) is 2. The van der Waals surface area contributed by atoms with Gasteiger partial charge in [0.25, 0.3) is 11.6 Å². The number of anilines is 1. The lowest BCUT2D eigenvalue weighted by molar-refractivity contribution is -0.384. The maximum absolute atomic E-state index is 12.0. The van der Waals surface area contributed by atoms with Crippen molar-refractivity contribution in [2.24, 2.45) is 0 Å². The molecule has 2 aromatic rings. The molecule has 108 valence electrons. The van der Waals surface area contributed by atoms with E-state index in [-0.39, 0.29) is 26.8 Å². The number of nitrogens with zero attached hydrogens (tertiary/aromatic N) is 1. The minimum atomic E-state index is -1.18. The molecule has 0 aliphatic rings. The normalized spacial score (nSPS) is 10.1. The monoisotopic (exact) mass is 326 g/mol. The first-order valence-corrected chi connectivity index (χ1v) is 6.71. The van der Waals surface area contributed by atoms with Gasteiger partial charge in [0.1, 0.15) is 5.00 Å². The van der Waals surface area contributed by atoms with Gasteiger partial charge in [0, 0.05) is 22.7 Å². The fourth-order valence-electron chi connectivity index (χ4n) is 1.56. The fourth-order valence-corrected chi connectivity index (χ4v) is 2.56. The summed E-state index contributed by atoms with van der Waals surface area (Å²) in [5.74, 6) is -1.85. The standard InChI is InChI=1S/C12H7ClN2O5S/c13-7-3-6(4-8(5-7)15(19)20)10(16)14-11-9(12(17)18)1-2-21-11/h1-5H,(H,14,16)(H,17,18). The quantitative estimate of drug-likeness (QED) is 0.662. The summed E-state index contributed by atoms with van der Waals surface area (Å²) >= 11 is 6.76. The summed E-state index contributed by atoms with van der Waals surface area (Å²) in [5.41, 5.74) is -0.402. The Balaban J connectivity index is 2.30. The zero-order valence-electron chi connectivity index (χ0n) is 10.2. The molecule has 1 amide bonds. The van der Waals surface area contributed by atoms with Gasteiger partial charge in [0.15, 0.2) is 0 Å². The van der Waals surface area contributed by atoms with Crippen LogP contribution in [0.3, 0.4) is 0 Å². The summed E-state index contributed by atoms with van der Waals surface area (Å²) in [6.45, 7) is 0. The maximum Gasteiger partial charge on any atom is 0.338 e. The van der Waals surface area contributed by atoms with Crippen molar-refractivity contribution < 1.29 is 19.6 Å². The molecule has 21 heavy (non-hydrogen) atoms. The lowest BCUT2D eigenvalue weighted by Crippen LogP contribution is -2.13. The minimum absolute atomic E-state index is 0.0288. The number of hydrogen-bond acceptors (Lipinski definition) is 5. The number of amides is 1. The number of carboxylic acids is 1. The first-order chi connectivity index (χ1) is 9.88.